The number of ether oxygens (including phenoxy) is 1. The average Bonchev–Trinajstić information content (AvgIpc) is 2.74. The molecule has 0 radical (unpaired) electrons. The number of hydrogen-bond acceptors (Lipinski definition) is 4. The Kier molecular flexibility index (Phi) is 4.96. The van der Waals surface area contributed by atoms with Crippen LogP contribution in [0.1, 0.15) is 26.6 Å². The molecule has 5 heteroatoms. The molecule has 1 aromatic heterocycles. The molecular formula is C16H23N3O2. The van der Waals surface area contributed by atoms with Gasteiger partial charge in [-0.1, -0.05) is 26.0 Å². The molecule has 21 heavy (non-hydrogen) atoms. The molecule has 5 nitrogen and oxygen atoms in total. The summed E-state index contributed by atoms with van der Waals surface area (Å²) in [6.07, 6.45) is 0. The molecule has 1 heterocycles. The van der Waals surface area contributed by atoms with Gasteiger partial charge in [0.25, 0.3) is 0 Å². The Morgan fingerprint density at radius 2 is 2.10 bits per heavy atom. The molecule has 1 N–H and O–H groups in total. The molecule has 114 valence electrons. The number of hydrogen-bond donors (Lipinski definition) is 1. The lowest BCUT2D eigenvalue weighted by Crippen LogP contribution is -2.44. The lowest BCUT2D eigenvalue weighted by atomic mass is 10.2. The van der Waals surface area contributed by atoms with Gasteiger partial charge in [0.05, 0.1) is 24.2 Å². The summed E-state index contributed by atoms with van der Waals surface area (Å²) in [6.45, 7) is 8.72. The zero-order valence-electron chi connectivity index (χ0n) is 13.1. The van der Waals surface area contributed by atoms with Crippen molar-refractivity contribution in [1.82, 2.24) is 14.9 Å². The van der Waals surface area contributed by atoms with E-state index in [1.165, 1.54) is 0 Å². The van der Waals surface area contributed by atoms with Crippen molar-refractivity contribution in [3.63, 3.8) is 0 Å². The predicted molar refractivity (Wildman–Crippen MR) is 83.2 cm³/mol. The topological polar surface area (TPSA) is 56.2 Å². The number of carbonyl (C=O) groups is 1. The average molecular weight is 289 g/mol. The first-order valence-corrected chi connectivity index (χ1v) is 7.37. The Hall–Kier alpha value is -1.88. The van der Waals surface area contributed by atoms with E-state index in [-0.39, 0.29) is 18.1 Å². The summed E-state index contributed by atoms with van der Waals surface area (Å²) in [5.41, 5.74) is 1.98. The maximum Gasteiger partial charge on any atom is 0.324 e. The summed E-state index contributed by atoms with van der Waals surface area (Å²) in [5.74, 6) is 0.680. The first-order chi connectivity index (χ1) is 10.0. The number of carbonyl (C=O) groups excluding carboxylic acids is 1. The molecule has 0 fully saturated rings. The predicted octanol–water partition coefficient (Wildman–Crippen LogP) is 2.27. The van der Waals surface area contributed by atoms with E-state index in [1.807, 2.05) is 52.0 Å². The van der Waals surface area contributed by atoms with Crippen molar-refractivity contribution in [2.24, 2.45) is 0 Å². The second kappa shape index (κ2) is 6.72. The Balaban J connectivity index is 2.29. The van der Waals surface area contributed by atoms with E-state index < -0.39 is 0 Å². The summed E-state index contributed by atoms with van der Waals surface area (Å²) >= 11 is 0. The lowest BCUT2D eigenvalue weighted by molar-refractivity contribution is -0.146. The van der Waals surface area contributed by atoms with E-state index in [9.17, 15) is 4.79 Å². The smallest absolute Gasteiger partial charge is 0.324 e. The summed E-state index contributed by atoms with van der Waals surface area (Å²) in [6, 6.07) is 7.78. The summed E-state index contributed by atoms with van der Waals surface area (Å²) < 4.78 is 7.23. The van der Waals surface area contributed by atoms with Gasteiger partial charge in [-0.15, -0.1) is 0 Å². The van der Waals surface area contributed by atoms with Crippen molar-refractivity contribution >= 4 is 17.0 Å². The molecule has 0 spiro atoms. The van der Waals surface area contributed by atoms with Crippen LogP contribution in [-0.2, 0) is 16.1 Å². The van der Waals surface area contributed by atoms with Gasteiger partial charge in [-0.05, 0) is 26.0 Å². The van der Waals surface area contributed by atoms with E-state index in [0.29, 0.717) is 13.2 Å². The van der Waals surface area contributed by atoms with Crippen molar-refractivity contribution in [3.05, 3.63) is 30.1 Å². The maximum atomic E-state index is 12.1. The second-order valence-electron chi connectivity index (χ2n) is 5.38. The molecule has 0 aliphatic carbocycles. The molecule has 0 saturated heterocycles. The van der Waals surface area contributed by atoms with Crippen LogP contribution in [0.2, 0.25) is 0 Å². The monoisotopic (exact) mass is 289 g/mol. The highest BCUT2D eigenvalue weighted by Gasteiger charge is 2.22. The fraction of sp³-hybridized carbons (Fsp3) is 0.500. The quantitative estimate of drug-likeness (QED) is 0.829. The van der Waals surface area contributed by atoms with E-state index in [1.54, 1.807) is 0 Å². The number of imidazole rings is 1. The van der Waals surface area contributed by atoms with Crippen LogP contribution in [0.3, 0.4) is 0 Å². The number of nitrogens with one attached hydrogen (secondary N) is 1. The van der Waals surface area contributed by atoms with Crippen LogP contribution in [0.4, 0.5) is 0 Å². The van der Waals surface area contributed by atoms with Crippen molar-refractivity contribution < 1.29 is 9.53 Å². The Bertz CT molecular complexity index is 619. The SMILES string of the molecule is CCOC(=O)C(Cn1c(C)nc2ccccc21)NC(C)C. The molecular weight excluding hydrogens is 266 g/mol. The van der Waals surface area contributed by atoms with Gasteiger partial charge in [-0.2, -0.15) is 0 Å². The number of aromatic nitrogens is 2. The summed E-state index contributed by atoms with van der Waals surface area (Å²) in [7, 11) is 0. The third-order valence-electron chi connectivity index (χ3n) is 3.32. The van der Waals surface area contributed by atoms with Gasteiger partial charge in [-0.3, -0.25) is 4.79 Å². The van der Waals surface area contributed by atoms with Crippen LogP contribution < -0.4 is 5.32 Å². The van der Waals surface area contributed by atoms with Crippen molar-refractivity contribution in [3.8, 4) is 0 Å². The molecule has 1 unspecified atom stereocenters. The van der Waals surface area contributed by atoms with Gasteiger partial charge >= 0.3 is 5.97 Å². The van der Waals surface area contributed by atoms with E-state index >= 15 is 0 Å². The summed E-state index contributed by atoms with van der Waals surface area (Å²) in [5, 5.41) is 3.27. The number of nitrogens with zero attached hydrogens (tertiary/aromatic N) is 2. The third kappa shape index (κ3) is 3.61. The highest BCUT2D eigenvalue weighted by Crippen LogP contribution is 2.16. The molecule has 0 bridgehead atoms. The highest BCUT2D eigenvalue weighted by molar-refractivity contribution is 5.78. The van der Waals surface area contributed by atoms with Gasteiger partial charge in [0.1, 0.15) is 11.9 Å². The number of fused-ring (bicyclic) bond motifs is 1. The van der Waals surface area contributed by atoms with Crippen LogP contribution >= 0.6 is 0 Å². The van der Waals surface area contributed by atoms with E-state index in [4.69, 9.17) is 4.74 Å². The normalized spacial score (nSPS) is 12.8. The zero-order valence-corrected chi connectivity index (χ0v) is 13.1. The summed E-state index contributed by atoms with van der Waals surface area (Å²) in [4.78, 5) is 16.7. The number of rotatable bonds is 6. The van der Waals surface area contributed by atoms with Gasteiger partial charge in [0.2, 0.25) is 0 Å². The Morgan fingerprint density at radius 1 is 1.38 bits per heavy atom. The van der Waals surface area contributed by atoms with Gasteiger partial charge < -0.3 is 14.6 Å². The second-order valence-corrected chi connectivity index (χ2v) is 5.38. The molecule has 0 aliphatic heterocycles. The minimum Gasteiger partial charge on any atom is -0.465 e. The zero-order chi connectivity index (χ0) is 15.4. The lowest BCUT2D eigenvalue weighted by Gasteiger charge is -2.21. The van der Waals surface area contributed by atoms with Gasteiger partial charge in [0, 0.05) is 6.04 Å². The van der Waals surface area contributed by atoms with E-state index in [2.05, 4.69) is 14.9 Å². The van der Waals surface area contributed by atoms with E-state index in [0.717, 1.165) is 16.9 Å². The molecule has 1 aromatic carbocycles. The van der Waals surface area contributed by atoms with Gasteiger partial charge in [0.15, 0.2) is 0 Å². The van der Waals surface area contributed by atoms with Gasteiger partial charge in [-0.25, -0.2) is 4.98 Å². The van der Waals surface area contributed by atoms with Crippen LogP contribution in [-0.4, -0.2) is 34.2 Å². The van der Waals surface area contributed by atoms with Crippen LogP contribution in [0, 0.1) is 6.92 Å². The fourth-order valence-corrected chi connectivity index (χ4v) is 2.45. The van der Waals surface area contributed by atoms with Crippen molar-refractivity contribution in [1.29, 1.82) is 0 Å². The Labute approximate surface area is 125 Å². The van der Waals surface area contributed by atoms with Crippen LogP contribution in [0.5, 0.6) is 0 Å². The number of benzene rings is 1. The highest BCUT2D eigenvalue weighted by atomic mass is 16.5. The maximum absolute atomic E-state index is 12.1. The first-order valence-electron chi connectivity index (χ1n) is 7.37. The molecule has 2 aromatic rings. The van der Waals surface area contributed by atoms with Crippen LogP contribution in [0.25, 0.3) is 11.0 Å². The number of esters is 1. The minimum absolute atomic E-state index is 0.203. The third-order valence-corrected chi connectivity index (χ3v) is 3.32. The van der Waals surface area contributed by atoms with Crippen molar-refractivity contribution in [2.45, 2.75) is 46.3 Å². The van der Waals surface area contributed by atoms with Crippen LogP contribution in [0.15, 0.2) is 24.3 Å². The number of aryl methyl sites for hydroxylation is 1. The molecule has 1 atom stereocenters. The minimum atomic E-state index is -0.374. The Morgan fingerprint density at radius 3 is 2.76 bits per heavy atom. The fourth-order valence-electron chi connectivity index (χ4n) is 2.45. The first kappa shape index (κ1) is 15.5. The molecule has 0 aliphatic rings. The molecule has 0 amide bonds. The largest absolute Gasteiger partial charge is 0.465 e. The number of para-hydroxylation sites is 2. The standard InChI is InChI=1S/C16H23N3O2/c1-5-21-16(20)14(17-11(2)3)10-19-12(4)18-13-8-6-7-9-15(13)19/h6-9,11,14,17H,5,10H2,1-4H3. The molecule has 0 saturated carbocycles. The van der Waals surface area contributed by atoms with Crippen molar-refractivity contribution in [2.75, 3.05) is 6.61 Å². The molecule has 2 rings (SSSR count).